The molecule has 1 unspecified atom stereocenters. The largest absolute Gasteiger partial charge is 0.480 e. The van der Waals surface area contributed by atoms with Gasteiger partial charge in [-0.25, -0.2) is 0 Å². The molecule has 5 heteroatoms. The van der Waals surface area contributed by atoms with Crippen molar-refractivity contribution in [2.24, 2.45) is 17.6 Å². The highest BCUT2D eigenvalue weighted by atomic mass is 32.1. The van der Waals surface area contributed by atoms with Gasteiger partial charge < -0.3 is 10.8 Å². The van der Waals surface area contributed by atoms with Gasteiger partial charge in [0.25, 0.3) is 0 Å². The lowest BCUT2D eigenvalue weighted by atomic mass is 9.70. The van der Waals surface area contributed by atoms with Crippen LogP contribution in [0.3, 0.4) is 0 Å². The maximum absolute atomic E-state index is 12.2. The first-order valence-electron chi connectivity index (χ1n) is 9.45. The Morgan fingerprint density at radius 2 is 1.96 bits per heavy atom. The number of carboxylic acid groups (broad SMARTS) is 1. The molecule has 2 rings (SSSR count). The van der Waals surface area contributed by atoms with Crippen molar-refractivity contribution in [1.29, 1.82) is 0 Å². The number of rotatable bonds is 9. The highest BCUT2D eigenvalue weighted by molar-refractivity contribution is 7.80. The number of aromatic nitrogens is 1. The van der Waals surface area contributed by atoms with E-state index in [1.54, 1.807) is 24.4 Å². The first kappa shape index (κ1) is 19.8. The molecule has 4 nitrogen and oxygen atoms in total. The first-order chi connectivity index (χ1) is 12.0. The molecule has 0 spiro atoms. The highest BCUT2D eigenvalue weighted by Crippen LogP contribution is 2.40. The summed E-state index contributed by atoms with van der Waals surface area (Å²) in [5, 5.41) is 9.97. The second-order valence-corrected chi connectivity index (χ2v) is 7.82. The average Bonchev–Trinajstić information content (AvgIpc) is 2.61. The second-order valence-electron chi connectivity index (χ2n) is 7.38. The van der Waals surface area contributed by atoms with Gasteiger partial charge in [-0.2, -0.15) is 0 Å². The van der Waals surface area contributed by atoms with Crippen LogP contribution in [0.4, 0.5) is 0 Å². The van der Waals surface area contributed by atoms with Gasteiger partial charge in [0.2, 0.25) is 0 Å². The predicted octanol–water partition coefficient (Wildman–Crippen LogP) is 4.47. The molecular formula is C20H30N2O2S. The van der Waals surface area contributed by atoms with Crippen molar-refractivity contribution in [2.45, 2.75) is 70.1 Å². The van der Waals surface area contributed by atoms with Gasteiger partial charge in [-0.05, 0) is 30.4 Å². The molecule has 0 radical (unpaired) electrons. The van der Waals surface area contributed by atoms with Crippen LogP contribution < -0.4 is 5.73 Å². The van der Waals surface area contributed by atoms with Crippen molar-refractivity contribution in [2.75, 3.05) is 0 Å². The molecule has 0 amide bonds. The Balaban J connectivity index is 2.07. The number of carbonyl (C=O) groups is 1. The van der Waals surface area contributed by atoms with Crippen LogP contribution in [0.2, 0.25) is 0 Å². The van der Waals surface area contributed by atoms with Gasteiger partial charge in [-0.3, -0.25) is 9.78 Å². The van der Waals surface area contributed by atoms with Crippen LogP contribution in [-0.2, 0) is 10.2 Å². The van der Waals surface area contributed by atoms with Crippen LogP contribution in [0, 0.1) is 11.8 Å². The average molecular weight is 363 g/mol. The molecule has 1 aliphatic carbocycles. The standard InChI is InChI=1S/C20H30N2O2S/c1-2-3-4-7-15-9-11-16(12-10-15)14-20(18(21)25,19(23)24)17-8-5-6-13-22-17/h5-6,8,13,15-16H,2-4,7,9-12,14H2,1H3,(H2,21,25)(H,23,24)/t15-,16-,20?. The van der Waals surface area contributed by atoms with Crippen molar-refractivity contribution in [3.05, 3.63) is 30.1 Å². The molecule has 138 valence electrons. The van der Waals surface area contributed by atoms with Crippen molar-refractivity contribution in [1.82, 2.24) is 4.98 Å². The third-order valence-corrected chi connectivity index (χ3v) is 6.01. The molecule has 1 aromatic heterocycles. The molecule has 1 aromatic rings. The molecule has 1 fully saturated rings. The normalized spacial score (nSPS) is 22.9. The molecule has 1 atom stereocenters. The number of aliphatic carboxylic acids is 1. The van der Waals surface area contributed by atoms with Gasteiger partial charge >= 0.3 is 5.97 Å². The molecule has 0 aliphatic heterocycles. The van der Waals surface area contributed by atoms with E-state index in [1.807, 2.05) is 0 Å². The molecule has 1 saturated carbocycles. The summed E-state index contributed by atoms with van der Waals surface area (Å²) in [5.74, 6) is 0.146. The lowest BCUT2D eigenvalue weighted by molar-refractivity contribution is -0.141. The van der Waals surface area contributed by atoms with Crippen molar-refractivity contribution >= 4 is 23.2 Å². The quantitative estimate of drug-likeness (QED) is 0.501. The zero-order valence-corrected chi connectivity index (χ0v) is 15.9. The van der Waals surface area contributed by atoms with Crippen molar-refractivity contribution < 1.29 is 9.90 Å². The molecule has 0 bridgehead atoms. The molecule has 1 aliphatic rings. The van der Waals surface area contributed by atoms with Gasteiger partial charge in [0.15, 0.2) is 5.41 Å². The number of nitrogens with zero attached hydrogens (tertiary/aromatic N) is 1. The summed E-state index contributed by atoms with van der Waals surface area (Å²) in [6.07, 6.45) is 11.7. The van der Waals surface area contributed by atoms with E-state index in [-0.39, 0.29) is 4.99 Å². The Hall–Kier alpha value is -1.49. The van der Waals surface area contributed by atoms with Crippen LogP contribution in [0.5, 0.6) is 0 Å². The van der Waals surface area contributed by atoms with Crippen molar-refractivity contribution in [3.63, 3.8) is 0 Å². The molecular weight excluding hydrogens is 332 g/mol. The number of unbranched alkanes of at least 4 members (excludes halogenated alkanes) is 2. The Morgan fingerprint density at radius 3 is 2.48 bits per heavy atom. The number of pyridine rings is 1. The molecule has 3 N–H and O–H groups in total. The molecule has 0 aromatic carbocycles. The van der Waals surface area contributed by atoms with E-state index in [4.69, 9.17) is 18.0 Å². The second kappa shape index (κ2) is 9.27. The molecule has 25 heavy (non-hydrogen) atoms. The Labute approximate surface area is 156 Å². The summed E-state index contributed by atoms with van der Waals surface area (Å²) in [4.78, 5) is 16.5. The predicted molar refractivity (Wildman–Crippen MR) is 105 cm³/mol. The summed E-state index contributed by atoms with van der Waals surface area (Å²) in [6.45, 7) is 2.23. The first-order valence-corrected chi connectivity index (χ1v) is 9.86. The van der Waals surface area contributed by atoms with Crippen LogP contribution in [-0.4, -0.2) is 21.0 Å². The summed E-state index contributed by atoms with van der Waals surface area (Å²) in [5.41, 5.74) is 5.05. The summed E-state index contributed by atoms with van der Waals surface area (Å²) in [6, 6.07) is 5.30. The zero-order chi connectivity index (χ0) is 18.3. The van der Waals surface area contributed by atoms with Crippen LogP contribution >= 0.6 is 12.2 Å². The lowest BCUT2D eigenvalue weighted by Gasteiger charge is -2.35. The Bertz CT molecular complexity index is 554. The number of hydrogen-bond acceptors (Lipinski definition) is 3. The van der Waals surface area contributed by atoms with Crippen LogP contribution in [0.25, 0.3) is 0 Å². The smallest absolute Gasteiger partial charge is 0.322 e. The van der Waals surface area contributed by atoms with E-state index in [1.165, 1.54) is 38.5 Å². The highest BCUT2D eigenvalue weighted by Gasteiger charge is 2.46. The lowest BCUT2D eigenvalue weighted by Crippen LogP contribution is -2.49. The minimum absolute atomic E-state index is 0.0174. The fraction of sp³-hybridized carbons (Fsp3) is 0.650. The monoisotopic (exact) mass is 362 g/mol. The summed E-state index contributed by atoms with van der Waals surface area (Å²) in [7, 11) is 0. The third-order valence-electron chi connectivity index (χ3n) is 5.66. The van der Waals surface area contributed by atoms with Gasteiger partial charge in [-0.1, -0.05) is 76.6 Å². The van der Waals surface area contributed by atoms with E-state index >= 15 is 0 Å². The molecule has 0 saturated heterocycles. The maximum Gasteiger partial charge on any atom is 0.322 e. The van der Waals surface area contributed by atoms with Gasteiger partial charge in [0, 0.05) is 6.20 Å². The van der Waals surface area contributed by atoms with E-state index in [2.05, 4.69) is 11.9 Å². The fourth-order valence-corrected chi connectivity index (χ4v) is 4.36. The van der Waals surface area contributed by atoms with Gasteiger partial charge in [-0.15, -0.1) is 0 Å². The van der Waals surface area contributed by atoms with Crippen LogP contribution in [0.1, 0.15) is 70.4 Å². The Kier molecular flexibility index (Phi) is 7.36. The van der Waals surface area contributed by atoms with Gasteiger partial charge in [0.05, 0.1) is 10.7 Å². The van der Waals surface area contributed by atoms with Crippen LogP contribution in [0.15, 0.2) is 24.4 Å². The number of nitrogens with two attached hydrogens (primary N) is 1. The third kappa shape index (κ3) is 4.78. The minimum Gasteiger partial charge on any atom is -0.480 e. The maximum atomic E-state index is 12.2. The molecule has 1 heterocycles. The topological polar surface area (TPSA) is 76.2 Å². The minimum atomic E-state index is -1.35. The zero-order valence-electron chi connectivity index (χ0n) is 15.1. The number of hydrogen-bond donors (Lipinski definition) is 2. The van der Waals surface area contributed by atoms with Gasteiger partial charge in [0.1, 0.15) is 0 Å². The van der Waals surface area contributed by atoms with E-state index in [9.17, 15) is 9.90 Å². The van der Waals surface area contributed by atoms with E-state index in [0.29, 0.717) is 18.0 Å². The fourth-order valence-electron chi connectivity index (χ4n) is 4.09. The van der Waals surface area contributed by atoms with Crippen molar-refractivity contribution in [3.8, 4) is 0 Å². The SMILES string of the molecule is CCCCC[C@H]1CC[C@H](CC(C(=O)O)(C(N)=S)c2ccccn2)CC1. The Morgan fingerprint density at radius 1 is 1.28 bits per heavy atom. The van der Waals surface area contributed by atoms with E-state index in [0.717, 1.165) is 18.8 Å². The summed E-state index contributed by atoms with van der Waals surface area (Å²) < 4.78 is 0. The number of carboxylic acids is 1. The number of thiocarbonyl (C=S) groups is 1. The summed E-state index contributed by atoms with van der Waals surface area (Å²) >= 11 is 5.21. The van der Waals surface area contributed by atoms with E-state index < -0.39 is 11.4 Å².